The molecule has 2 atom stereocenters. The zero-order valence-corrected chi connectivity index (χ0v) is 8.98. The van der Waals surface area contributed by atoms with Crippen molar-refractivity contribution in [1.29, 1.82) is 0 Å². The number of fused-ring (bicyclic) bond motifs is 2. The molecule has 0 saturated carbocycles. The van der Waals surface area contributed by atoms with Gasteiger partial charge >= 0.3 is 0 Å². The van der Waals surface area contributed by atoms with Gasteiger partial charge in [-0.3, -0.25) is 4.68 Å². The Hall–Kier alpha value is -0.870. The van der Waals surface area contributed by atoms with Gasteiger partial charge in [0.2, 0.25) is 0 Å². The van der Waals surface area contributed by atoms with Crippen molar-refractivity contribution in [3.8, 4) is 0 Å². The molecule has 15 heavy (non-hydrogen) atoms. The first-order valence-electron chi connectivity index (χ1n) is 5.63. The first-order valence-corrected chi connectivity index (χ1v) is 5.63. The molecule has 3 rings (SSSR count). The number of hydrogen-bond acceptors (Lipinski definition) is 3. The van der Waals surface area contributed by atoms with Gasteiger partial charge in [-0.15, -0.1) is 0 Å². The fourth-order valence-corrected chi connectivity index (χ4v) is 3.02. The van der Waals surface area contributed by atoms with Crippen LogP contribution in [0.3, 0.4) is 0 Å². The summed E-state index contributed by atoms with van der Waals surface area (Å²) in [4.78, 5) is 0. The van der Waals surface area contributed by atoms with E-state index in [1.807, 2.05) is 13.2 Å². The average molecular weight is 207 g/mol. The minimum Gasteiger partial charge on any atom is -0.385 e. The van der Waals surface area contributed by atoms with Crippen molar-refractivity contribution in [2.45, 2.75) is 43.4 Å². The highest BCUT2D eigenvalue weighted by molar-refractivity contribution is 5.19. The van der Waals surface area contributed by atoms with Crippen molar-refractivity contribution in [2.75, 3.05) is 0 Å². The Morgan fingerprint density at radius 1 is 1.47 bits per heavy atom. The highest BCUT2D eigenvalue weighted by Gasteiger charge is 2.43. The maximum Gasteiger partial charge on any atom is 0.0956 e. The Morgan fingerprint density at radius 2 is 2.13 bits per heavy atom. The Bertz CT molecular complexity index is 362. The molecule has 2 aliphatic rings. The third-order valence-corrected chi connectivity index (χ3v) is 3.75. The Kier molecular flexibility index (Phi) is 1.91. The van der Waals surface area contributed by atoms with Crippen LogP contribution in [0, 0.1) is 0 Å². The molecule has 0 amide bonds. The first kappa shape index (κ1) is 9.36. The fraction of sp³-hybridized carbons (Fsp3) is 0.727. The lowest BCUT2D eigenvalue weighted by atomic mass is 9.83. The number of nitrogens with one attached hydrogen (secondary N) is 1. The Morgan fingerprint density at radius 3 is 2.67 bits per heavy atom. The molecular formula is C11H17N3O. The maximum absolute atomic E-state index is 10.6. The van der Waals surface area contributed by atoms with Crippen molar-refractivity contribution in [2.24, 2.45) is 7.05 Å². The van der Waals surface area contributed by atoms with E-state index in [-0.39, 0.29) is 0 Å². The summed E-state index contributed by atoms with van der Waals surface area (Å²) >= 11 is 0. The number of aryl methyl sites for hydroxylation is 1. The first-order chi connectivity index (χ1) is 7.16. The number of nitrogens with zero attached hydrogens (tertiary/aromatic N) is 2. The number of aliphatic hydroxyl groups is 1. The van der Waals surface area contributed by atoms with E-state index in [1.54, 1.807) is 10.9 Å². The predicted molar refractivity (Wildman–Crippen MR) is 56.3 cm³/mol. The van der Waals surface area contributed by atoms with Crippen LogP contribution in [0.4, 0.5) is 0 Å². The average Bonchev–Trinajstić information content (AvgIpc) is 2.74. The molecule has 3 heterocycles. The normalized spacial score (nSPS) is 39.6. The van der Waals surface area contributed by atoms with Gasteiger partial charge in [-0.25, -0.2) is 0 Å². The summed E-state index contributed by atoms with van der Waals surface area (Å²) in [5.41, 5.74) is 0.328. The van der Waals surface area contributed by atoms with Gasteiger partial charge in [-0.1, -0.05) is 0 Å². The summed E-state index contributed by atoms with van der Waals surface area (Å²) in [7, 11) is 1.89. The van der Waals surface area contributed by atoms with Gasteiger partial charge < -0.3 is 10.4 Å². The molecule has 2 N–H and O–H groups in total. The quantitative estimate of drug-likeness (QED) is 0.706. The predicted octanol–water partition coefficient (Wildman–Crippen LogP) is 0.522. The van der Waals surface area contributed by atoms with Gasteiger partial charge in [0.1, 0.15) is 0 Å². The van der Waals surface area contributed by atoms with E-state index in [1.165, 1.54) is 12.8 Å². The fourth-order valence-electron chi connectivity index (χ4n) is 3.02. The van der Waals surface area contributed by atoms with Crippen LogP contribution < -0.4 is 5.32 Å². The summed E-state index contributed by atoms with van der Waals surface area (Å²) < 4.78 is 1.76. The van der Waals surface area contributed by atoms with Crippen LogP contribution in [-0.2, 0) is 12.6 Å². The summed E-state index contributed by atoms with van der Waals surface area (Å²) in [6, 6.07) is 0.989. The zero-order valence-electron chi connectivity index (χ0n) is 8.98. The largest absolute Gasteiger partial charge is 0.385 e. The number of hydrogen-bond donors (Lipinski definition) is 2. The lowest BCUT2D eigenvalue weighted by Crippen LogP contribution is -2.46. The van der Waals surface area contributed by atoms with E-state index < -0.39 is 5.60 Å². The minimum absolute atomic E-state index is 0.494. The molecule has 82 valence electrons. The molecule has 2 fully saturated rings. The smallest absolute Gasteiger partial charge is 0.0956 e. The Labute approximate surface area is 89.3 Å². The van der Waals surface area contributed by atoms with Gasteiger partial charge in [0.25, 0.3) is 0 Å². The number of piperidine rings is 1. The SMILES string of the molecule is Cn1cc(C2(O)CC3CCC(C2)N3)cn1. The summed E-state index contributed by atoms with van der Waals surface area (Å²) in [5.74, 6) is 0. The van der Waals surface area contributed by atoms with Crippen LogP contribution in [0.5, 0.6) is 0 Å². The molecule has 2 saturated heterocycles. The molecule has 0 spiro atoms. The molecule has 0 aromatic carbocycles. The van der Waals surface area contributed by atoms with Gasteiger partial charge in [-0.2, -0.15) is 5.10 Å². The van der Waals surface area contributed by atoms with E-state index in [4.69, 9.17) is 0 Å². The zero-order chi connectivity index (χ0) is 10.5. The van der Waals surface area contributed by atoms with E-state index in [2.05, 4.69) is 10.4 Å². The summed E-state index contributed by atoms with van der Waals surface area (Å²) in [6.07, 6.45) is 7.79. The van der Waals surface area contributed by atoms with Gasteiger partial charge in [-0.05, 0) is 25.7 Å². The van der Waals surface area contributed by atoms with Crippen molar-refractivity contribution in [3.05, 3.63) is 18.0 Å². The standard InChI is InChI=1S/C11H17N3O/c1-14-7-8(6-12-14)11(15)4-9-2-3-10(5-11)13-9/h6-7,9-10,13,15H,2-5H2,1H3. The van der Waals surface area contributed by atoms with Crippen molar-refractivity contribution in [1.82, 2.24) is 15.1 Å². The van der Waals surface area contributed by atoms with Crippen molar-refractivity contribution >= 4 is 0 Å². The monoisotopic (exact) mass is 207 g/mol. The van der Waals surface area contributed by atoms with Crippen LogP contribution in [0.25, 0.3) is 0 Å². The highest BCUT2D eigenvalue weighted by atomic mass is 16.3. The molecule has 2 unspecified atom stereocenters. The van der Waals surface area contributed by atoms with Gasteiger partial charge in [0, 0.05) is 30.9 Å². The van der Waals surface area contributed by atoms with Crippen LogP contribution in [-0.4, -0.2) is 27.0 Å². The second-order valence-electron chi connectivity index (χ2n) is 4.98. The summed E-state index contributed by atoms with van der Waals surface area (Å²) in [6.45, 7) is 0. The molecule has 4 nitrogen and oxygen atoms in total. The molecular weight excluding hydrogens is 190 g/mol. The molecule has 2 aliphatic heterocycles. The van der Waals surface area contributed by atoms with Gasteiger partial charge in [0.05, 0.1) is 11.8 Å². The molecule has 1 aromatic heterocycles. The second-order valence-corrected chi connectivity index (χ2v) is 4.98. The van der Waals surface area contributed by atoms with E-state index in [9.17, 15) is 5.11 Å². The highest BCUT2D eigenvalue weighted by Crippen LogP contribution is 2.40. The molecule has 0 radical (unpaired) electrons. The minimum atomic E-state index is -0.647. The molecule has 2 bridgehead atoms. The van der Waals surface area contributed by atoms with Crippen LogP contribution in [0.15, 0.2) is 12.4 Å². The molecule has 1 aromatic rings. The lowest BCUT2D eigenvalue weighted by Gasteiger charge is -2.36. The number of aromatic nitrogens is 2. The van der Waals surface area contributed by atoms with Crippen LogP contribution in [0.2, 0.25) is 0 Å². The third kappa shape index (κ3) is 1.48. The molecule has 0 aliphatic carbocycles. The topological polar surface area (TPSA) is 50.1 Å². The van der Waals surface area contributed by atoms with Gasteiger partial charge in [0.15, 0.2) is 0 Å². The Balaban J connectivity index is 1.90. The number of rotatable bonds is 1. The van der Waals surface area contributed by atoms with E-state index in [0.29, 0.717) is 12.1 Å². The summed E-state index contributed by atoms with van der Waals surface area (Å²) in [5, 5.41) is 18.3. The van der Waals surface area contributed by atoms with Crippen molar-refractivity contribution < 1.29 is 5.11 Å². The second kappa shape index (κ2) is 3.06. The maximum atomic E-state index is 10.6. The van der Waals surface area contributed by atoms with E-state index >= 15 is 0 Å². The van der Waals surface area contributed by atoms with Crippen LogP contribution >= 0.6 is 0 Å². The van der Waals surface area contributed by atoms with Crippen LogP contribution in [0.1, 0.15) is 31.2 Å². The molecule has 4 heteroatoms. The third-order valence-electron chi connectivity index (χ3n) is 3.75. The lowest BCUT2D eigenvalue weighted by molar-refractivity contribution is -0.0115. The van der Waals surface area contributed by atoms with Crippen molar-refractivity contribution in [3.63, 3.8) is 0 Å². The van der Waals surface area contributed by atoms with E-state index in [0.717, 1.165) is 18.4 Å².